The molecule has 0 rings (SSSR count). The lowest BCUT2D eigenvalue weighted by Gasteiger charge is -2.06. The van der Waals surface area contributed by atoms with Gasteiger partial charge in [-0.3, -0.25) is 4.79 Å². The summed E-state index contributed by atoms with van der Waals surface area (Å²) in [5, 5.41) is 10.8. The van der Waals surface area contributed by atoms with Crippen LogP contribution in [0.15, 0.2) is 5.18 Å². The number of nitrogens with two attached hydrogens (primary N) is 1. The number of Topliss-reactive ketones (excluding diaryl/α,β-unsaturated/α-hetero) is 1. The van der Waals surface area contributed by atoms with Crippen LogP contribution in [0.3, 0.4) is 0 Å². The molecule has 0 spiro atoms. The molecule has 0 saturated carbocycles. The lowest BCUT2D eigenvalue weighted by atomic mass is 10.1. The minimum Gasteiger partial charge on any atom is -0.394 e. The van der Waals surface area contributed by atoms with Crippen molar-refractivity contribution in [1.82, 2.24) is 0 Å². The van der Waals surface area contributed by atoms with Crippen LogP contribution in [0.4, 0.5) is 0 Å². The van der Waals surface area contributed by atoms with Gasteiger partial charge in [-0.05, 0) is 6.92 Å². The molecule has 0 saturated heterocycles. The molecule has 10 heavy (non-hydrogen) atoms. The highest BCUT2D eigenvalue weighted by Gasteiger charge is 2.19. The van der Waals surface area contributed by atoms with E-state index in [1.807, 2.05) is 0 Å². The maximum atomic E-state index is 10.7. The third kappa shape index (κ3) is 2.20. The Balaban J connectivity index is 3.93. The molecule has 0 aromatic rings. The highest BCUT2D eigenvalue weighted by Crippen LogP contribution is 1.93. The maximum Gasteiger partial charge on any atom is 0.179 e. The molecule has 0 aliphatic rings. The van der Waals surface area contributed by atoms with Gasteiger partial charge in [0, 0.05) is 0 Å². The summed E-state index contributed by atoms with van der Waals surface area (Å²) < 4.78 is 0. The van der Waals surface area contributed by atoms with Crippen molar-refractivity contribution in [2.24, 2.45) is 10.9 Å². The van der Waals surface area contributed by atoms with Crippen LogP contribution in [0.2, 0.25) is 0 Å². The second-order valence-electron chi connectivity index (χ2n) is 1.97. The highest BCUT2D eigenvalue weighted by atomic mass is 16.3. The molecule has 2 atom stereocenters. The van der Waals surface area contributed by atoms with Gasteiger partial charge in [0.1, 0.15) is 6.04 Å². The fourth-order valence-electron chi connectivity index (χ4n) is 0.452. The predicted octanol–water partition coefficient (Wildman–Crippen LogP) is -0.970. The number of nitrogens with zero attached hydrogens (tertiary/aromatic N) is 1. The van der Waals surface area contributed by atoms with E-state index >= 15 is 0 Å². The molecule has 3 N–H and O–H groups in total. The Kier molecular flexibility index (Phi) is 3.75. The van der Waals surface area contributed by atoms with Crippen molar-refractivity contribution in [3.05, 3.63) is 4.91 Å². The Morgan fingerprint density at radius 3 is 2.60 bits per heavy atom. The van der Waals surface area contributed by atoms with Crippen molar-refractivity contribution in [3.63, 3.8) is 0 Å². The molecule has 0 radical (unpaired) electrons. The van der Waals surface area contributed by atoms with Crippen molar-refractivity contribution in [1.29, 1.82) is 0 Å². The summed E-state index contributed by atoms with van der Waals surface area (Å²) in [7, 11) is 0. The zero-order valence-electron chi connectivity index (χ0n) is 5.65. The molecular formula is C5H10N2O3. The summed E-state index contributed by atoms with van der Waals surface area (Å²) in [5.74, 6) is -0.530. The molecule has 0 aromatic carbocycles. The van der Waals surface area contributed by atoms with E-state index in [0.717, 1.165) is 0 Å². The SMILES string of the molecule is CC(N=O)C(=O)C(N)CO. The summed E-state index contributed by atoms with van der Waals surface area (Å²) in [5.41, 5.74) is 5.09. The first-order valence-electron chi connectivity index (χ1n) is 2.86. The lowest BCUT2D eigenvalue weighted by Crippen LogP contribution is -2.39. The minimum atomic E-state index is -0.979. The Hall–Kier alpha value is -0.810. The second-order valence-corrected chi connectivity index (χ2v) is 1.97. The summed E-state index contributed by atoms with van der Waals surface area (Å²) in [4.78, 5) is 20.5. The van der Waals surface area contributed by atoms with E-state index in [-0.39, 0.29) is 0 Å². The van der Waals surface area contributed by atoms with Crippen LogP contribution in [0.1, 0.15) is 6.92 Å². The minimum absolute atomic E-state index is 0.446. The average Bonchev–Trinajstić information content (AvgIpc) is 2.00. The second kappa shape index (κ2) is 4.08. The predicted molar refractivity (Wildman–Crippen MR) is 35.3 cm³/mol. The zero-order valence-corrected chi connectivity index (χ0v) is 5.65. The number of rotatable bonds is 4. The molecule has 0 aromatic heterocycles. The van der Waals surface area contributed by atoms with Gasteiger partial charge in [0.05, 0.1) is 12.6 Å². The molecule has 0 fully saturated rings. The summed E-state index contributed by atoms with van der Waals surface area (Å²) in [6.45, 7) is 0.892. The number of aliphatic hydroxyl groups excluding tert-OH is 1. The Morgan fingerprint density at radius 1 is 1.80 bits per heavy atom. The molecule has 5 nitrogen and oxygen atoms in total. The topological polar surface area (TPSA) is 92.8 Å². The third-order valence-electron chi connectivity index (χ3n) is 1.13. The smallest absolute Gasteiger partial charge is 0.179 e. The maximum absolute atomic E-state index is 10.7. The van der Waals surface area contributed by atoms with Gasteiger partial charge in [0.2, 0.25) is 0 Å². The van der Waals surface area contributed by atoms with Crippen molar-refractivity contribution in [3.8, 4) is 0 Å². The van der Waals surface area contributed by atoms with Gasteiger partial charge in [-0.25, -0.2) is 0 Å². The fraction of sp³-hybridized carbons (Fsp3) is 0.800. The van der Waals surface area contributed by atoms with E-state index in [4.69, 9.17) is 10.8 Å². The number of hydrogen-bond donors (Lipinski definition) is 2. The van der Waals surface area contributed by atoms with Gasteiger partial charge in [0.25, 0.3) is 0 Å². The highest BCUT2D eigenvalue weighted by molar-refractivity contribution is 5.88. The molecule has 0 amide bonds. The quantitative estimate of drug-likeness (QED) is 0.499. The summed E-state index contributed by atoms with van der Waals surface area (Å²) in [6, 6.07) is -1.94. The first-order chi connectivity index (χ1) is 4.63. The molecule has 0 aliphatic carbocycles. The molecule has 58 valence electrons. The fourth-order valence-corrected chi connectivity index (χ4v) is 0.452. The van der Waals surface area contributed by atoms with Crippen LogP contribution in [-0.2, 0) is 4.79 Å². The summed E-state index contributed by atoms with van der Waals surface area (Å²) >= 11 is 0. The normalized spacial score (nSPS) is 15.9. The van der Waals surface area contributed by atoms with Crippen LogP contribution in [0, 0.1) is 4.91 Å². The number of carbonyl (C=O) groups excluding carboxylic acids is 1. The van der Waals surface area contributed by atoms with Crippen molar-refractivity contribution in [2.75, 3.05) is 6.61 Å². The standard InChI is InChI=1S/C5H10N2O3/c1-3(7-10)5(9)4(6)2-8/h3-4,8H,2,6H2,1H3. The number of aliphatic hydroxyl groups is 1. The molecule has 0 bridgehead atoms. The van der Waals surface area contributed by atoms with Crippen molar-refractivity contribution >= 4 is 5.78 Å². The van der Waals surface area contributed by atoms with Crippen LogP contribution in [-0.4, -0.2) is 29.6 Å². The monoisotopic (exact) mass is 146 g/mol. The number of nitroso groups, excluding NO2 is 1. The van der Waals surface area contributed by atoms with Crippen LogP contribution in [0.5, 0.6) is 0 Å². The van der Waals surface area contributed by atoms with Crippen LogP contribution >= 0.6 is 0 Å². The van der Waals surface area contributed by atoms with Gasteiger partial charge >= 0.3 is 0 Å². The molecule has 2 unspecified atom stereocenters. The van der Waals surface area contributed by atoms with Gasteiger partial charge in [-0.1, -0.05) is 5.18 Å². The number of carbonyl (C=O) groups is 1. The number of ketones is 1. The Labute approximate surface area is 58.2 Å². The Bertz CT molecular complexity index is 137. The lowest BCUT2D eigenvalue weighted by molar-refractivity contribution is -0.121. The van der Waals surface area contributed by atoms with Gasteiger partial charge in [-0.2, -0.15) is 4.91 Å². The van der Waals surface area contributed by atoms with Gasteiger partial charge in [0.15, 0.2) is 5.78 Å². The molecule has 5 heteroatoms. The average molecular weight is 146 g/mol. The zero-order chi connectivity index (χ0) is 8.15. The molecule has 0 heterocycles. The van der Waals surface area contributed by atoms with E-state index in [2.05, 4.69) is 5.18 Å². The molecular weight excluding hydrogens is 136 g/mol. The van der Waals surface area contributed by atoms with Crippen molar-refractivity contribution in [2.45, 2.75) is 19.0 Å². The van der Waals surface area contributed by atoms with Crippen LogP contribution < -0.4 is 5.73 Å². The van der Waals surface area contributed by atoms with Crippen molar-refractivity contribution < 1.29 is 9.90 Å². The first-order valence-corrected chi connectivity index (χ1v) is 2.86. The van der Waals surface area contributed by atoms with E-state index in [0.29, 0.717) is 0 Å². The third-order valence-corrected chi connectivity index (χ3v) is 1.13. The molecule has 0 aliphatic heterocycles. The van der Waals surface area contributed by atoms with E-state index < -0.39 is 24.5 Å². The largest absolute Gasteiger partial charge is 0.394 e. The van der Waals surface area contributed by atoms with Gasteiger partial charge in [-0.15, -0.1) is 0 Å². The van der Waals surface area contributed by atoms with Crippen LogP contribution in [0.25, 0.3) is 0 Å². The van der Waals surface area contributed by atoms with E-state index in [1.165, 1.54) is 6.92 Å². The number of hydrogen-bond acceptors (Lipinski definition) is 5. The summed E-state index contributed by atoms with van der Waals surface area (Å²) in [6.07, 6.45) is 0. The van der Waals surface area contributed by atoms with Gasteiger partial charge < -0.3 is 10.8 Å². The Morgan fingerprint density at radius 2 is 2.30 bits per heavy atom. The van der Waals surface area contributed by atoms with E-state index in [9.17, 15) is 9.70 Å². The first kappa shape index (κ1) is 9.19. The van der Waals surface area contributed by atoms with E-state index in [1.54, 1.807) is 0 Å².